The van der Waals surface area contributed by atoms with Gasteiger partial charge >= 0.3 is 5.97 Å². The lowest BCUT2D eigenvalue weighted by molar-refractivity contribution is -0.225. The number of hydrogen-bond acceptors (Lipinski definition) is 5. The zero-order valence-electron chi connectivity index (χ0n) is 32.0. The van der Waals surface area contributed by atoms with Crippen LogP contribution in [-0.4, -0.2) is 61.6 Å². The lowest BCUT2D eigenvalue weighted by atomic mass is 9.32. The van der Waals surface area contributed by atoms with Gasteiger partial charge in [0.15, 0.2) is 9.84 Å². The van der Waals surface area contributed by atoms with Crippen LogP contribution in [0.15, 0.2) is 42.5 Å². The second kappa shape index (κ2) is 12.6. The first-order chi connectivity index (χ1) is 23.9. The molecule has 1 heterocycles. The molecular formula is C43H62N2O5S. The second-order valence-corrected chi connectivity index (χ2v) is 21.3. The number of rotatable bonds is 8. The van der Waals surface area contributed by atoms with Crippen molar-refractivity contribution in [1.82, 2.24) is 10.2 Å². The third-order valence-corrected chi connectivity index (χ3v) is 18.1. The molecular weight excluding hydrogens is 657 g/mol. The third-order valence-electron chi connectivity index (χ3n) is 16.6. The predicted octanol–water partition coefficient (Wildman–Crippen LogP) is 8.23. The molecule has 9 atom stereocenters. The summed E-state index contributed by atoms with van der Waals surface area (Å²) in [4.78, 5) is 25.9. The predicted molar refractivity (Wildman–Crippen MR) is 204 cm³/mol. The van der Waals surface area contributed by atoms with Crippen LogP contribution in [0.5, 0.6) is 0 Å². The molecule has 4 saturated carbocycles. The minimum absolute atomic E-state index is 0.00880. The summed E-state index contributed by atoms with van der Waals surface area (Å²) in [7, 11) is -3.12. The fourth-order valence-corrected chi connectivity index (χ4v) is 15.4. The largest absolute Gasteiger partial charge is 0.478 e. The lowest BCUT2D eigenvalue weighted by Gasteiger charge is -2.72. The van der Waals surface area contributed by atoms with Gasteiger partial charge in [0, 0.05) is 26.1 Å². The van der Waals surface area contributed by atoms with Gasteiger partial charge in [0.25, 0.3) is 0 Å². The first-order valence-corrected chi connectivity index (χ1v) is 21.6. The van der Waals surface area contributed by atoms with Crippen LogP contribution in [0.2, 0.25) is 0 Å². The highest BCUT2D eigenvalue weighted by Gasteiger charge is 2.70. The van der Waals surface area contributed by atoms with Crippen molar-refractivity contribution in [2.45, 2.75) is 106 Å². The maximum atomic E-state index is 12.8. The third kappa shape index (κ3) is 5.70. The molecule has 1 aromatic rings. The van der Waals surface area contributed by atoms with E-state index in [0.717, 1.165) is 18.5 Å². The van der Waals surface area contributed by atoms with Crippen LogP contribution in [0.3, 0.4) is 0 Å². The molecule has 5 aliphatic carbocycles. The quantitative estimate of drug-likeness (QED) is 0.207. The number of amides is 1. The van der Waals surface area contributed by atoms with Crippen LogP contribution in [0.4, 0.5) is 0 Å². The monoisotopic (exact) mass is 718 g/mol. The number of hydrogen-bond donors (Lipinski definition) is 2. The summed E-state index contributed by atoms with van der Waals surface area (Å²) in [5.41, 5.74) is 5.11. The summed E-state index contributed by atoms with van der Waals surface area (Å²) < 4.78 is 23.8. The van der Waals surface area contributed by atoms with E-state index in [9.17, 15) is 23.1 Å². The van der Waals surface area contributed by atoms with Crippen molar-refractivity contribution in [1.29, 1.82) is 0 Å². The fourth-order valence-electron chi connectivity index (χ4n) is 14.0. The van der Waals surface area contributed by atoms with Crippen molar-refractivity contribution in [3.05, 3.63) is 53.6 Å². The van der Waals surface area contributed by atoms with Crippen molar-refractivity contribution in [2.75, 3.05) is 31.3 Å². The Hall–Kier alpha value is -2.45. The number of sulfone groups is 1. The van der Waals surface area contributed by atoms with E-state index in [1.165, 1.54) is 67.4 Å². The van der Waals surface area contributed by atoms with Crippen LogP contribution in [0, 0.1) is 56.7 Å². The van der Waals surface area contributed by atoms with Gasteiger partial charge in [0.1, 0.15) is 5.88 Å². The topological polar surface area (TPSA) is 104 Å². The van der Waals surface area contributed by atoms with E-state index in [0.29, 0.717) is 54.7 Å². The summed E-state index contributed by atoms with van der Waals surface area (Å²) >= 11 is 0. The van der Waals surface area contributed by atoms with Gasteiger partial charge in [-0.15, -0.1) is 0 Å². The van der Waals surface area contributed by atoms with E-state index in [1.54, 1.807) is 12.1 Å². The Balaban J connectivity index is 1.12. The Bertz CT molecular complexity index is 1730. The van der Waals surface area contributed by atoms with Gasteiger partial charge in [-0.25, -0.2) is 13.2 Å². The number of aromatic carboxylic acids is 1. The zero-order valence-corrected chi connectivity index (χ0v) is 32.8. The van der Waals surface area contributed by atoms with Crippen LogP contribution < -0.4 is 5.32 Å². The van der Waals surface area contributed by atoms with Crippen molar-refractivity contribution in [3.63, 3.8) is 0 Å². The normalized spacial score (nSPS) is 40.7. The summed E-state index contributed by atoms with van der Waals surface area (Å²) in [5.74, 6) is 1.99. The molecule has 7 nitrogen and oxygen atoms in total. The Morgan fingerprint density at radius 2 is 1.67 bits per heavy atom. The molecule has 280 valence electrons. The second-order valence-electron chi connectivity index (χ2n) is 19.1. The molecule has 51 heavy (non-hydrogen) atoms. The van der Waals surface area contributed by atoms with Crippen molar-refractivity contribution in [2.24, 2.45) is 56.7 Å². The summed E-state index contributed by atoms with van der Waals surface area (Å²) in [6, 6.07) is 7.54. The van der Waals surface area contributed by atoms with Crippen LogP contribution >= 0.6 is 0 Å². The van der Waals surface area contributed by atoms with Crippen molar-refractivity contribution < 1.29 is 23.1 Å². The molecule has 6 aliphatic rings. The number of allylic oxidation sites excluding steroid dienone is 3. The number of carbonyl (C=O) groups is 2. The van der Waals surface area contributed by atoms with Gasteiger partial charge in [-0.2, -0.15) is 0 Å². The minimum atomic E-state index is -3.12. The molecule has 0 bridgehead atoms. The molecule has 7 rings (SSSR count). The maximum absolute atomic E-state index is 12.8. The van der Waals surface area contributed by atoms with Gasteiger partial charge in [0.05, 0.1) is 11.3 Å². The number of benzene rings is 1. The molecule has 1 amide bonds. The van der Waals surface area contributed by atoms with Gasteiger partial charge in [0.2, 0.25) is 5.91 Å². The van der Waals surface area contributed by atoms with Crippen molar-refractivity contribution >= 4 is 27.3 Å². The van der Waals surface area contributed by atoms with Gasteiger partial charge in [-0.3, -0.25) is 4.79 Å². The number of nitrogens with one attached hydrogen (secondary N) is 1. The van der Waals surface area contributed by atoms with E-state index >= 15 is 0 Å². The molecule has 0 spiro atoms. The number of carboxylic acid groups (broad SMARTS) is 1. The summed E-state index contributed by atoms with van der Waals surface area (Å²) in [6.07, 6.45) is 13.8. The molecule has 1 saturated heterocycles. The van der Waals surface area contributed by atoms with Crippen LogP contribution in [0.1, 0.15) is 122 Å². The number of fused-ring (bicyclic) bond motifs is 7. The highest BCUT2D eigenvalue weighted by Crippen LogP contribution is 2.77. The van der Waals surface area contributed by atoms with E-state index in [-0.39, 0.29) is 44.6 Å². The molecule has 5 fully saturated rings. The average molecular weight is 719 g/mol. The molecule has 1 aromatic carbocycles. The van der Waals surface area contributed by atoms with E-state index in [4.69, 9.17) is 0 Å². The number of carbonyl (C=O) groups excluding carboxylic acids is 1. The number of nitrogens with zero attached hydrogens (tertiary/aromatic N) is 1. The van der Waals surface area contributed by atoms with E-state index in [1.807, 2.05) is 12.1 Å². The van der Waals surface area contributed by atoms with Gasteiger partial charge in [-0.1, -0.05) is 65.0 Å². The molecule has 0 radical (unpaired) electrons. The van der Waals surface area contributed by atoms with Crippen LogP contribution in [-0.2, 0) is 14.6 Å². The first kappa shape index (κ1) is 36.9. The van der Waals surface area contributed by atoms with Gasteiger partial charge in [-0.05, 0) is 145 Å². The fraction of sp³-hybridized carbons (Fsp3) is 0.721. The Morgan fingerprint density at radius 1 is 0.941 bits per heavy atom. The zero-order chi connectivity index (χ0) is 36.8. The Kier molecular flexibility index (Phi) is 9.09. The summed E-state index contributed by atoms with van der Waals surface area (Å²) in [6.45, 7) is 21.5. The van der Waals surface area contributed by atoms with Gasteiger partial charge < -0.3 is 15.3 Å². The molecule has 2 N–H and O–H groups in total. The highest BCUT2D eigenvalue weighted by molar-refractivity contribution is 7.91. The molecule has 1 aliphatic heterocycles. The minimum Gasteiger partial charge on any atom is -0.478 e. The number of carboxylic acids is 1. The molecule has 0 aromatic heterocycles. The van der Waals surface area contributed by atoms with E-state index < -0.39 is 15.8 Å². The molecule has 8 heteroatoms. The Morgan fingerprint density at radius 3 is 2.31 bits per heavy atom. The highest BCUT2D eigenvalue weighted by atomic mass is 32.2. The standard InChI is InChI=1S/C43H62N2O5S/c1-28(2)31-14-20-43(26-44-23-17-36(46)45-24-25-51(49,50)27-45)22-21-41(6)33(37(31)43)12-13-35-40(5)18-15-32(29-8-10-30(11-9-29)38(47)48)39(3,4)34(40)16-19-42(35,41)7/h8-11,15,31,33-35,37,44H,1,12-14,16-27H2,2-7H3,(H,47,48). The summed E-state index contributed by atoms with van der Waals surface area (Å²) in [5, 5.41) is 13.2. The lowest BCUT2D eigenvalue weighted by Crippen LogP contribution is -2.65. The van der Waals surface area contributed by atoms with Crippen LogP contribution in [0.25, 0.3) is 5.57 Å². The Labute approximate surface area is 307 Å². The first-order valence-electron chi connectivity index (χ1n) is 19.8. The average Bonchev–Trinajstić information content (AvgIpc) is 3.63. The van der Waals surface area contributed by atoms with E-state index in [2.05, 4.69) is 59.5 Å². The van der Waals surface area contributed by atoms with Crippen molar-refractivity contribution in [3.8, 4) is 0 Å². The maximum Gasteiger partial charge on any atom is 0.335 e. The SMILES string of the molecule is C=C(C)C1CCC2(CNCCC(=O)N3CCS(=O)(=O)C3)CCC3(C)C(CCC4C5(C)CC=C(c6ccc(C(=O)O)cc6)C(C)(C)C5CCC43C)C12. The molecule has 9 unspecified atom stereocenters. The smallest absolute Gasteiger partial charge is 0.335 e.